The van der Waals surface area contributed by atoms with Crippen LogP contribution in [0.2, 0.25) is 0 Å². The standard InChI is InChI=1S/C16H18FNO2/c1-20-12-8-6-11(7-9-12)16(19)14(10-18)13-4-2-3-5-15(13)17/h2-9,14,16,19H,10,18H2,1H3. The van der Waals surface area contributed by atoms with E-state index in [4.69, 9.17) is 10.5 Å². The quantitative estimate of drug-likeness (QED) is 0.882. The Labute approximate surface area is 117 Å². The Kier molecular flexibility index (Phi) is 4.71. The highest BCUT2D eigenvalue weighted by Gasteiger charge is 2.23. The molecule has 4 heteroatoms. The van der Waals surface area contributed by atoms with Crippen molar-refractivity contribution < 1.29 is 14.2 Å². The highest BCUT2D eigenvalue weighted by molar-refractivity contribution is 5.32. The Hall–Kier alpha value is -1.91. The van der Waals surface area contributed by atoms with E-state index >= 15 is 0 Å². The molecule has 2 aromatic rings. The van der Waals surface area contributed by atoms with E-state index < -0.39 is 12.0 Å². The van der Waals surface area contributed by atoms with Gasteiger partial charge in [-0.3, -0.25) is 0 Å². The van der Waals surface area contributed by atoms with Crippen LogP contribution in [-0.2, 0) is 0 Å². The Morgan fingerprint density at radius 2 is 1.80 bits per heavy atom. The fourth-order valence-electron chi connectivity index (χ4n) is 2.24. The lowest BCUT2D eigenvalue weighted by Crippen LogP contribution is -2.21. The number of benzene rings is 2. The summed E-state index contributed by atoms with van der Waals surface area (Å²) in [7, 11) is 1.58. The van der Waals surface area contributed by atoms with Crippen LogP contribution in [0.4, 0.5) is 4.39 Å². The molecule has 0 amide bonds. The molecule has 0 aliphatic heterocycles. The smallest absolute Gasteiger partial charge is 0.126 e. The molecule has 3 nitrogen and oxygen atoms in total. The van der Waals surface area contributed by atoms with Gasteiger partial charge in [-0.25, -0.2) is 4.39 Å². The molecule has 2 rings (SSSR count). The van der Waals surface area contributed by atoms with Crippen LogP contribution in [0.25, 0.3) is 0 Å². The number of hydrogen-bond acceptors (Lipinski definition) is 3. The first kappa shape index (κ1) is 14.5. The molecule has 0 aliphatic rings. The minimum atomic E-state index is -0.859. The van der Waals surface area contributed by atoms with Crippen LogP contribution in [0.3, 0.4) is 0 Å². The summed E-state index contributed by atoms with van der Waals surface area (Å²) in [5.41, 5.74) is 6.83. The van der Waals surface area contributed by atoms with Gasteiger partial charge in [-0.1, -0.05) is 30.3 Å². The fourth-order valence-corrected chi connectivity index (χ4v) is 2.24. The van der Waals surface area contributed by atoms with Gasteiger partial charge in [0.2, 0.25) is 0 Å². The molecule has 0 saturated heterocycles. The third-order valence-electron chi connectivity index (χ3n) is 3.40. The van der Waals surface area contributed by atoms with Gasteiger partial charge in [0.05, 0.1) is 13.2 Å². The van der Waals surface area contributed by atoms with Crippen molar-refractivity contribution in [1.82, 2.24) is 0 Å². The second-order valence-corrected chi connectivity index (χ2v) is 4.58. The number of hydrogen-bond donors (Lipinski definition) is 2. The first-order valence-electron chi connectivity index (χ1n) is 6.44. The van der Waals surface area contributed by atoms with Crippen molar-refractivity contribution in [2.24, 2.45) is 5.73 Å². The van der Waals surface area contributed by atoms with E-state index in [1.165, 1.54) is 6.07 Å². The molecule has 0 radical (unpaired) electrons. The normalized spacial score (nSPS) is 13.8. The highest BCUT2D eigenvalue weighted by Crippen LogP contribution is 2.32. The SMILES string of the molecule is COc1ccc(C(O)C(CN)c2ccccc2F)cc1. The summed E-state index contributed by atoms with van der Waals surface area (Å²) in [4.78, 5) is 0. The summed E-state index contributed by atoms with van der Waals surface area (Å²) < 4.78 is 18.9. The Balaban J connectivity index is 2.28. The zero-order chi connectivity index (χ0) is 14.5. The molecule has 106 valence electrons. The molecule has 0 aromatic heterocycles. The molecule has 0 heterocycles. The van der Waals surface area contributed by atoms with E-state index in [0.29, 0.717) is 16.9 Å². The molecule has 2 unspecified atom stereocenters. The number of aliphatic hydroxyl groups is 1. The molecular weight excluding hydrogens is 257 g/mol. The summed E-state index contributed by atoms with van der Waals surface area (Å²) in [6, 6.07) is 13.4. The third kappa shape index (κ3) is 2.98. The van der Waals surface area contributed by atoms with Gasteiger partial charge in [0, 0.05) is 12.5 Å². The molecule has 20 heavy (non-hydrogen) atoms. The summed E-state index contributed by atoms with van der Waals surface area (Å²) in [6.07, 6.45) is -0.859. The van der Waals surface area contributed by atoms with Crippen LogP contribution in [-0.4, -0.2) is 18.8 Å². The number of aliphatic hydroxyl groups excluding tert-OH is 1. The zero-order valence-corrected chi connectivity index (χ0v) is 11.3. The third-order valence-corrected chi connectivity index (χ3v) is 3.40. The molecule has 0 fully saturated rings. The lowest BCUT2D eigenvalue weighted by Gasteiger charge is -2.23. The fraction of sp³-hybridized carbons (Fsp3) is 0.250. The molecular formula is C16H18FNO2. The maximum Gasteiger partial charge on any atom is 0.126 e. The summed E-state index contributed by atoms with van der Waals surface area (Å²) >= 11 is 0. The summed E-state index contributed by atoms with van der Waals surface area (Å²) in [6.45, 7) is 0.161. The lowest BCUT2D eigenvalue weighted by molar-refractivity contribution is 0.145. The van der Waals surface area contributed by atoms with Crippen LogP contribution in [0.5, 0.6) is 5.75 Å². The van der Waals surface area contributed by atoms with Gasteiger partial charge in [-0.2, -0.15) is 0 Å². The van der Waals surface area contributed by atoms with Crippen molar-refractivity contribution in [3.05, 3.63) is 65.5 Å². The minimum Gasteiger partial charge on any atom is -0.497 e. The zero-order valence-electron chi connectivity index (χ0n) is 11.3. The van der Waals surface area contributed by atoms with Crippen molar-refractivity contribution in [1.29, 1.82) is 0 Å². The average molecular weight is 275 g/mol. The second kappa shape index (κ2) is 6.50. The van der Waals surface area contributed by atoms with Crippen molar-refractivity contribution in [3.8, 4) is 5.75 Å². The van der Waals surface area contributed by atoms with Crippen LogP contribution < -0.4 is 10.5 Å². The van der Waals surface area contributed by atoms with Crippen LogP contribution in [0.15, 0.2) is 48.5 Å². The predicted octanol–water partition coefficient (Wildman–Crippen LogP) is 2.61. The summed E-state index contributed by atoms with van der Waals surface area (Å²) in [5, 5.41) is 10.4. The number of ether oxygens (including phenoxy) is 1. The van der Waals surface area contributed by atoms with Crippen LogP contribution >= 0.6 is 0 Å². The van der Waals surface area contributed by atoms with Gasteiger partial charge in [-0.05, 0) is 29.3 Å². The van der Waals surface area contributed by atoms with Gasteiger partial charge in [-0.15, -0.1) is 0 Å². The predicted molar refractivity (Wildman–Crippen MR) is 76.1 cm³/mol. The second-order valence-electron chi connectivity index (χ2n) is 4.58. The topological polar surface area (TPSA) is 55.5 Å². The molecule has 0 spiro atoms. The summed E-state index contributed by atoms with van der Waals surface area (Å²) in [5.74, 6) is -0.128. The molecule has 2 atom stereocenters. The van der Waals surface area contributed by atoms with E-state index in [0.717, 1.165) is 0 Å². The first-order valence-corrected chi connectivity index (χ1v) is 6.44. The number of rotatable bonds is 5. The van der Waals surface area contributed by atoms with Crippen molar-refractivity contribution >= 4 is 0 Å². The largest absolute Gasteiger partial charge is 0.497 e. The number of methoxy groups -OCH3 is 1. The molecule has 0 bridgehead atoms. The van der Waals surface area contributed by atoms with Crippen molar-refractivity contribution in [2.45, 2.75) is 12.0 Å². The number of halogens is 1. The molecule has 2 aromatic carbocycles. The average Bonchev–Trinajstić information content (AvgIpc) is 2.50. The minimum absolute atomic E-state index is 0.161. The van der Waals surface area contributed by atoms with Gasteiger partial charge in [0.25, 0.3) is 0 Å². The van der Waals surface area contributed by atoms with Crippen LogP contribution in [0.1, 0.15) is 23.1 Å². The Morgan fingerprint density at radius 1 is 1.15 bits per heavy atom. The van der Waals surface area contributed by atoms with Crippen molar-refractivity contribution in [3.63, 3.8) is 0 Å². The van der Waals surface area contributed by atoms with Gasteiger partial charge >= 0.3 is 0 Å². The van der Waals surface area contributed by atoms with E-state index in [9.17, 15) is 9.50 Å². The van der Waals surface area contributed by atoms with E-state index in [-0.39, 0.29) is 12.4 Å². The van der Waals surface area contributed by atoms with Crippen molar-refractivity contribution in [2.75, 3.05) is 13.7 Å². The Bertz CT molecular complexity index is 557. The van der Waals surface area contributed by atoms with Crippen LogP contribution in [0, 0.1) is 5.82 Å². The maximum atomic E-state index is 13.8. The maximum absolute atomic E-state index is 13.8. The van der Waals surface area contributed by atoms with Gasteiger partial charge in [0.15, 0.2) is 0 Å². The van der Waals surface area contributed by atoms with Gasteiger partial charge in [0.1, 0.15) is 11.6 Å². The van der Waals surface area contributed by atoms with E-state index in [1.807, 2.05) is 0 Å². The number of nitrogens with two attached hydrogens (primary N) is 1. The van der Waals surface area contributed by atoms with Gasteiger partial charge < -0.3 is 15.6 Å². The highest BCUT2D eigenvalue weighted by atomic mass is 19.1. The molecule has 0 aliphatic carbocycles. The molecule has 0 saturated carbocycles. The lowest BCUT2D eigenvalue weighted by atomic mass is 9.89. The molecule has 3 N–H and O–H groups in total. The van der Waals surface area contributed by atoms with E-state index in [1.54, 1.807) is 49.6 Å². The van der Waals surface area contributed by atoms with E-state index in [2.05, 4.69) is 0 Å². The first-order chi connectivity index (χ1) is 9.67. The monoisotopic (exact) mass is 275 g/mol. The Morgan fingerprint density at radius 3 is 2.35 bits per heavy atom.